The quantitative estimate of drug-likeness (QED) is 0.208. The zero-order valence-electron chi connectivity index (χ0n) is 23.5. The molecule has 40 heavy (non-hydrogen) atoms. The molecule has 1 heterocycles. The van der Waals surface area contributed by atoms with Gasteiger partial charge in [-0.15, -0.1) is 0 Å². The zero-order chi connectivity index (χ0) is 29.5. The second-order valence-corrected chi connectivity index (χ2v) is 11.0. The van der Waals surface area contributed by atoms with Gasteiger partial charge in [0.2, 0.25) is 5.60 Å². The molecule has 9 heteroatoms. The van der Waals surface area contributed by atoms with Crippen LogP contribution < -0.4 is 10.6 Å². The van der Waals surface area contributed by atoms with Gasteiger partial charge in [-0.2, -0.15) is 8.78 Å². The molecule has 1 fully saturated rings. The van der Waals surface area contributed by atoms with E-state index in [1.165, 1.54) is 17.0 Å². The van der Waals surface area contributed by atoms with E-state index in [0.717, 1.165) is 44.0 Å². The lowest BCUT2D eigenvalue weighted by Gasteiger charge is -2.41. The van der Waals surface area contributed by atoms with Crippen LogP contribution in [-0.2, 0) is 16.8 Å². The van der Waals surface area contributed by atoms with E-state index in [1.54, 1.807) is 31.3 Å². The number of hydrogen-bond acceptors (Lipinski definition) is 4. The van der Waals surface area contributed by atoms with Crippen LogP contribution in [0.25, 0.3) is 0 Å². The van der Waals surface area contributed by atoms with E-state index < -0.39 is 23.0 Å². The summed E-state index contributed by atoms with van der Waals surface area (Å²) >= 11 is 6.21. The molecule has 2 amide bonds. The van der Waals surface area contributed by atoms with Gasteiger partial charge in [0.05, 0.1) is 10.6 Å². The first-order valence-electron chi connectivity index (χ1n) is 13.9. The first-order valence-corrected chi connectivity index (χ1v) is 14.2. The Morgan fingerprint density at radius 1 is 1.15 bits per heavy atom. The Bertz CT molecular complexity index is 1210. The van der Waals surface area contributed by atoms with Gasteiger partial charge in [0, 0.05) is 32.4 Å². The number of alkyl halides is 2. The summed E-state index contributed by atoms with van der Waals surface area (Å²) < 4.78 is 30.9. The number of likely N-dealkylation sites (tertiary alicyclic amines) is 1. The van der Waals surface area contributed by atoms with Gasteiger partial charge in [-0.25, -0.2) is 0 Å². The molecule has 2 aromatic rings. The first-order chi connectivity index (χ1) is 18.9. The van der Waals surface area contributed by atoms with Gasteiger partial charge in [-0.05, 0) is 73.4 Å². The number of aliphatic hydroxyl groups is 1. The predicted molar refractivity (Wildman–Crippen MR) is 156 cm³/mol. The number of amides is 2. The molecule has 0 aliphatic carbocycles. The molecule has 0 spiro atoms. The number of aryl methyl sites for hydroxylation is 1. The summed E-state index contributed by atoms with van der Waals surface area (Å²) in [6, 6.07) is 11.5. The number of hydrogen-bond donors (Lipinski definition) is 3. The average Bonchev–Trinajstić information content (AvgIpc) is 2.96. The van der Waals surface area contributed by atoms with E-state index in [0.29, 0.717) is 48.9 Å². The normalized spacial score (nSPS) is 15.8. The van der Waals surface area contributed by atoms with Crippen LogP contribution in [-0.4, -0.2) is 54.4 Å². The van der Waals surface area contributed by atoms with Crippen molar-refractivity contribution in [3.8, 4) is 0 Å². The van der Waals surface area contributed by atoms with E-state index in [2.05, 4.69) is 17.2 Å². The van der Waals surface area contributed by atoms with Crippen LogP contribution in [0.3, 0.4) is 0 Å². The van der Waals surface area contributed by atoms with E-state index in [1.807, 2.05) is 13.0 Å². The molecule has 3 N–H and O–H groups in total. The van der Waals surface area contributed by atoms with E-state index in [9.17, 15) is 14.7 Å². The first kappa shape index (κ1) is 31.6. The molecule has 3 rings (SSSR count). The number of unbranched alkanes of at least 4 members (excludes halogenated alkanes) is 1. The molecule has 1 aliphatic heterocycles. The van der Waals surface area contributed by atoms with E-state index in [-0.39, 0.29) is 11.5 Å². The lowest BCUT2D eigenvalue weighted by Crippen LogP contribution is -2.58. The largest absolute Gasteiger partial charge is 0.385 e. The van der Waals surface area contributed by atoms with Crippen molar-refractivity contribution < 1.29 is 23.5 Å². The van der Waals surface area contributed by atoms with Gasteiger partial charge in [0.15, 0.2) is 0 Å². The fourth-order valence-corrected chi connectivity index (χ4v) is 5.42. The highest BCUT2D eigenvalue weighted by molar-refractivity contribution is 6.34. The summed E-state index contributed by atoms with van der Waals surface area (Å²) in [5.41, 5.74) is -1.64. The molecule has 0 saturated carbocycles. The van der Waals surface area contributed by atoms with E-state index >= 15 is 8.78 Å². The Morgan fingerprint density at radius 2 is 1.85 bits per heavy atom. The minimum Gasteiger partial charge on any atom is -0.385 e. The highest BCUT2D eigenvalue weighted by Gasteiger charge is 2.61. The number of nitrogens with one attached hydrogen (secondary N) is 2. The maximum absolute atomic E-state index is 15.4. The van der Waals surface area contributed by atoms with E-state index in [4.69, 9.17) is 11.6 Å². The van der Waals surface area contributed by atoms with Crippen molar-refractivity contribution in [2.45, 2.75) is 63.9 Å². The second kappa shape index (κ2) is 13.6. The van der Waals surface area contributed by atoms with Crippen molar-refractivity contribution in [3.05, 3.63) is 76.3 Å². The fraction of sp³-hybridized carbons (Fsp3) is 0.484. The summed E-state index contributed by atoms with van der Waals surface area (Å²) in [5, 5.41) is 17.7. The van der Waals surface area contributed by atoms with Crippen LogP contribution in [0.15, 0.2) is 54.6 Å². The SMILES string of the molecule is C=C(C)C(F)(F)[C@@](O)(C(=O)N1CCC(CCCCNc2ccc(C(=O)NC)c(Cl)c2)CC1)c1cccc(CC)c1. The van der Waals surface area contributed by atoms with Gasteiger partial charge in [-0.3, -0.25) is 9.59 Å². The molecule has 6 nitrogen and oxygen atoms in total. The highest BCUT2D eigenvalue weighted by atomic mass is 35.5. The van der Waals surface area contributed by atoms with Gasteiger partial charge < -0.3 is 20.6 Å². The second-order valence-electron chi connectivity index (χ2n) is 10.6. The fourth-order valence-electron chi connectivity index (χ4n) is 5.15. The van der Waals surface area contributed by atoms with Crippen LogP contribution >= 0.6 is 11.6 Å². The van der Waals surface area contributed by atoms with Crippen molar-refractivity contribution in [1.29, 1.82) is 0 Å². The Kier molecular flexibility index (Phi) is 10.7. The van der Waals surface area contributed by atoms with Gasteiger partial charge in [0.25, 0.3) is 11.8 Å². The molecule has 1 saturated heterocycles. The summed E-state index contributed by atoms with van der Waals surface area (Å²) in [4.78, 5) is 26.7. The predicted octanol–water partition coefficient (Wildman–Crippen LogP) is 6.18. The Labute approximate surface area is 240 Å². The third-order valence-corrected chi connectivity index (χ3v) is 8.08. The summed E-state index contributed by atoms with van der Waals surface area (Å²) in [6.45, 7) is 7.79. The molecular weight excluding hydrogens is 536 g/mol. The molecule has 2 aromatic carbocycles. The molecule has 1 atom stereocenters. The number of nitrogens with zero attached hydrogens (tertiary/aromatic N) is 1. The van der Waals surface area contributed by atoms with Crippen LogP contribution in [0.5, 0.6) is 0 Å². The summed E-state index contributed by atoms with van der Waals surface area (Å²) in [5.74, 6) is -4.65. The lowest BCUT2D eigenvalue weighted by molar-refractivity contribution is -0.194. The molecule has 0 unspecified atom stereocenters. The highest BCUT2D eigenvalue weighted by Crippen LogP contribution is 2.44. The summed E-state index contributed by atoms with van der Waals surface area (Å²) in [7, 11) is 1.56. The maximum Gasteiger partial charge on any atom is 0.310 e. The van der Waals surface area contributed by atoms with Crippen LogP contribution in [0.2, 0.25) is 5.02 Å². The number of carbonyl (C=O) groups is 2. The lowest BCUT2D eigenvalue weighted by atomic mass is 9.81. The average molecular weight is 576 g/mol. The molecule has 0 radical (unpaired) electrons. The number of benzene rings is 2. The number of rotatable bonds is 12. The topological polar surface area (TPSA) is 81.7 Å². The van der Waals surface area contributed by atoms with Crippen molar-refractivity contribution in [3.63, 3.8) is 0 Å². The Balaban J connectivity index is 1.53. The minimum absolute atomic E-state index is 0.107. The molecule has 218 valence electrons. The summed E-state index contributed by atoms with van der Waals surface area (Å²) in [6.07, 6.45) is 4.84. The Hall–Kier alpha value is -2.97. The number of halogens is 3. The van der Waals surface area contributed by atoms with Crippen LogP contribution in [0.1, 0.15) is 67.4 Å². The molecular formula is C31H40ClF2N3O3. The number of carbonyl (C=O) groups excluding carboxylic acids is 2. The van der Waals surface area contributed by atoms with Crippen molar-refractivity contribution in [1.82, 2.24) is 10.2 Å². The number of anilines is 1. The zero-order valence-corrected chi connectivity index (χ0v) is 24.3. The standard InChI is InChI=1S/C31H40ClF2N3O3/c1-5-22-10-8-11-24(19-22)30(40,31(33,34)21(2)3)29(39)37-17-14-23(15-18-37)9-6-7-16-36-25-12-13-26(27(32)20-25)28(38)35-4/h8,10-13,19-20,23,36,40H,2,5-7,9,14-18H2,1,3-4H3,(H,35,38)/t30-/m0/s1. The third kappa shape index (κ3) is 6.84. The van der Waals surface area contributed by atoms with Crippen molar-refractivity contribution in [2.24, 2.45) is 5.92 Å². The van der Waals surface area contributed by atoms with Crippen molar-refractivity contribution >= 4 is 29.1 Å². The minimum atomic E-state index is -3.83. The van der Waals surface area contributed by atoms with Crippen molar-refractivity contribution in [2.75, 3.05) is 32.0 Å². The molecule has 0 aromatic heterocycles. The van der Waals surface area contributed by atoms with Gasteiger partial charge in [0.1, 0.15) is 0 Å². The smallest absolute Gasteiger partial charge is 0.310 e. The monoisotopic (exact) mass is 575 g/mol. The molecule has 1 aliphatic rings. The number of piperidine rings is 1. The van der Waals surface area contributed by atoms with Gasteiger partial charge >= 0.3 is 5.92 Å². The van der Waals surface area contributed by atoms with Crippen LogP contribution in [0.4, 0.5) is 14.5 Å². The van der Waals surface area contributed by atoms with Crippen LogP contribution in [0, 0.1) is 5.92 Å². The Morgan fingerprint density at radius 3 is 2.45 bits per heavy atom. The third-order valence-electron chi connectivity index (χ3n) is 7.76. The maximum atomic E-state index is 15.4. The molecule has 0 bridgehead atoms. The van der Waals surface area contributed by atoms with Gasteiger partial charge in [-0.1, -0.05) is 62.2 Å².